The Balaban J connectivity index is 1.49. The lowest BCUT2D eigenvalue weighted by Gasteiger charge is -2.28. The van der Waals surface area contributed by atoms with Crippen molar-refractivity contribution in [2.45, 2.75) is 25.3 Å². The van der Waals surface area contributed by atoms with E-state index in [9.17, 15) is 10.1 Å². The zero-order chi connectivity index (χ0) is 19.5. The molecule has 0 unspecified atom stereocenters. The van der Waals surface area contributed by atoms with Crippen LogP contribution in [-0.4, -0.2) is 34.7 Å². The first-order valence-corrected chi connectivity index (χ1v) is 9.74. The Labute approximate surface area is 168 Å². The van der Waals surface area contributed by atoms with Crippen molar-refractivity contribution in [2.75, 3.05) is 25.1 Å². The normalized spacial score (nSPS) is 18.4. The first-order valence-electron chi connectivity index (χ1n) is 9.33. The number of anilines is 1. The fourth-order valence-corrected chi connectivity index (χ4v) is 3.94. The second-order valence-electron chi connectivity index (χ2n) is 6.84. The Morgan fingerprint density at radius 1 is 1.11 bits per heavy atom. The Kier molecular flexibility index (Phi) is 5.29. The van der Waals surface area contributed by atoms with Gasteiger partial charge >= 0.3 is 0 Å². The van der Waals surface area contributed by atoms with E-state index in [1.165, 1.54) is 12.1 Å². The van der Waals surface area contributed by atoms with Gasteiger partial charge in [0.05, 0.1) is 24.2 Å². The van der Waals surface area contributed by atoms with Crippen LogP contribution in [0, 0.1) is 10.1 Å². The molecule has 8 heteroatoms. The summed E-state index contributed by atoms with van der Waals surface area (Å²) in [5.41, 5.74) is 1.94. The third kappa shape index (κ3) is 3.87. The summed E-state index contributed by atoms with van der Waals surface area (Å²) in [5, 5.41) is 14.6. The Bertz CT molecular complexity index is 888. The summed E-state index contributed by atoms with van der Waals surface area (Å²) in [4.78, 5) is 12.5. The number of fused-ring (bicyclic) bond motifs is 1. The third-order valence-electron chi connectivity index (χ3n) is 5.00. The van der Waals surface area contributed by atoms with Gasteiger partial charge in [-0.1, -0.05) is 6.07 Å². The molecule has 7 nitrogen and oxygen atoms in total. The number of hydrogen-bond acceptors (Lipinski definition) is 5. The van der Waals surface area contributed by atoms with E-state index in [2.05, 4.69) is 22.3 Å². The number of ether oxygens (including phenoxy) is 2. The van der Waals surface area contributed by atoms with Crippen molar-refractivity contribution in [1.29, 1.82) is 0 Å². The van der Waals surface area contributed by atoms with Crippen molar-refractivity contribution in [3.05, 3.63) is 58.1 Å². The van der Waals surface area contributed by atoms with Crippen LogP contribution in [0.2, 0.25) is 0 Å². The molecule has 2 aliphatic rings. The second kappa shape index (κ2) is 8.02. The van der Waals surface area contributed by atoms with Gasteiger partial charge in [0.1, 0.15) is 0 Å². The number of hydrogen-bond donors (Lipinski definition) is 1. The molecule has 2 heterocycles. The maximum Gasteiger partial charge on any atom is 0.269 e. The van der Waals surface area contributed by atoms with Crippen LogP contribution < -0.4 is 14.8 Å². The maximum absolute atomic E-state index is 10.8. The molecule has 2 aromatic rings. The summed E-state index contributed by atoms with van der Waals surface area (Å²) in [6.07, 6.45) is 2.92. The van der Waals surface area contributed by atoms with E-state index in [0.717, 1.165) is 48.6 Å². The zero-order valence-electron chi connectivity index (χ0n) is 15.3. The summed E-state index contributed by atoms with van der Waals surface area (Å²) in [7, 11) is 0. The van der Waals surface area contributed by atoms with Crippen molar-refractivity contribution in [2.24, 2.45) is 0 Å². The Morgan fingerprint density at radius 3 is 2.61 bits per heavy atom. The molecule has 0 bridgehead atoms. The highest BCUT2D eigenvalue weighted by Crippen LogP contribution is 2.38. The summed E-state index contributed by atoms with van der Waals surface area (Å²) in [6.45, 7) is 2.19. The first-order chi connectivity index (χ1) is 13.6. The van der Waals surface area contributed by atoms with Gasteiger partial charge in [0.25, 0.3) is 5.69 Å². The molecule has 0 radical (unpaired) electrons. The van der Waals surface area contributed by atoms with Gasteiger partial charge in [-0.15, -0.1) is 0 Å². The van der Waals surface area contributed by atoms with E-state index in [1.807, 2.05) is 6.07 Å². The van der Waals surface area contributed by atoms with Crippen molar-refractivity contribution >= 4 is 28.7 Å². The van der Waals surface area contributed by atoms with Gasteiger partial charge in [-0.2, -0.15) is 0 Å². The topological polar surface area (TPSA) is 76.9 Å². The van der Waals surface area contributed by atoms with Crippen LogP contribution in [0.4, 0.5) is 11.4 Å². The monoisotopic (exact) mass is 399 g/mol. The van der Waals surface area contributed by atoms with Gasteiger partial charge in [-0.05, 0) is 54.9 Å². The van der Waals surface area contributed by atoms with E-state index in [4.69, 9.17) is 21.7 Å². The molecule has 4 rings (SSSR count). The molecule has 0 amide bonds. The summed E-state index contributed by atoms with van der Waals surface area (Å²) in [6, 6.07) is 12.5. The van der Waals surface area contributed by atoms with Crippen LogP contribution in [0.15, 0.2) is 42.5 Å². The van der Waals surface area contributed by atoms with Gasteiger partial charge in [-0.25, -0.2) is 0 Å². The smallest absolute Gasteiger partial charge is 0.269 e. The largest absolute Gasteiger partial charge is 0.490 e. The highest BCUT2D eigenvalue weighted by atomic mass is 32.1. The Morgan fingerprint density at radius 2 is 1.86 bits per heavy atom. The van der Waals surface area contributed by atoms with Gasteiger partial charge in [-0.3, -0.25) is 10.1 Å². The number of nitrogens with one attached hydrogen (secondary N) is 1. The van der Waals surface area contributed by atoms with Crippen LogP contribution in [0.5, 0.6) is 11.5 Å². The third-order valence-corrected chi connectivity index (χ3v) is 5.34. The lowest BCUT2D eigenvalue weighted by molar-refractivity contribution is -0.384. The van der Waals surface area contributed by atoms with Crippen molar-refractivity contribution in [3.63, 3.8) is 0 Å². The molecule has 1 N–H and O–H groups in total. The van der Waals surface area contributed by atoms with Crippen LogP contribution in [0.1, 0.15) is 30.9 Å². The van der Waals surface area contributed by atoms with Crippen LogP contribution in [-0.2, 0) is 0 Å². The average Bonchev–Trinajstić information content (AvgIpc) is 3.07. The second-order valence-corrected chi connectivity index (χ2v) is 7.23. The van der Waals surface area contributed by atoms with Crippen molar-refractivity contribution in [3.8, 4) is 11.5 Å². The van der Waals surface area contributed by atoms with E-state index in [1.54, 1.807) is 12.1 Å². The van der Waals surface area contributed by atoms with Crippen LogP contribution >= 0.6 is 12.2 Å². The number of nitro benzene ring substituents is 1. The lowest BCUT2D eigenvalue weighted by atomic mass is 10.0. The number of non-ortho nitro benzene ring substituents is 1. The fraction of sp³-hybridized carbons (Fsp3) is 0.350. The minimum atomic E-state index is -0.414. The van der Waals surface area contributed by atoms with Gasteiger partial charge in [0.15, 0.2) is 16.6 Å². The quantitative estimate of drug-likeness (QED) is 0.469. The standard InChI is InChI=1S/C20H21N3O4S/c24-23(25)16-7-5-15(6-8-16)21-20(28)22-10-1-3-17(22)14-4-9-18-19(13-14)27-12-2-11-26-18/h4-9,13,17H,1-3,10-12H2,(H,21,28)/t17-/m0/s1. The molecule has 1 atom stereocenters. The average molecular weight is 399 g/mol. The highest BCUT2D eigenvalue weighted by Gasteiger charge is 2.29. The number of nitro groups is 1. The van der Waals surface area contributed by atoms with Crippen LogP contribution in [0.3, 0.4) is 0 Å². The number of nitrogens with zero attached hydrogens (tertiary/aromatic N) is 2. The van der Waals surface area contributed by atoms with Gasteiger partial charge in [0, 0.05) is 30.8 Å². The molecule has 0 saturated carbocycles. The van der Waals surface area contributed by atoms with E-state index in [0.29, 0.717) is 18.3 Å². The van der Waals surface area contributed by atoms with Crippen molar-refractivity contribution < 1.29 is 14.4 Å². The maximum atomic E-state index is 10.8. The van der Waals surface area contributed by atoms with E-state index in [-0.39, 0.29) is 11.7 Å². The fourth-order valence-electron chi connectivity index (χ4n) is 3.61. The summed E-state index contributed by atoms with van der Waals surface area (Å²) < 4.78 is 11.5. The molecule has 1 fully saturated rings. The van der Waals surface area contributed by atoms with Crippen molar-refractivity contribution in [1.82, 2.24) is 4.90 Å². The molecule has 2 aliphatic heterocycles. The molecule has 0 aromatic heterocycles. The molecular weight excluding hydrogens is 378 g/mol. The summed E-state index contributed by atoms with van der Waals surface area (Å²) in [5.74, 6) is 1.58. The molecule has 0 aliphatic carbocycles. The predicted molar refractivity (Wildman–Crippen MR) is 110 cm³/mol. The van der Waals surface area contributed by atoms with Gasteiger partial charge in [0.2, 0.25) is 0 Å². The molecular formula is C20H21N3O4S. The number of likely N-dealkylation sites (tertiary alicyclic amines) is 1. The molecule has 28 heavy (non-hydrogen) atoms. The number of thiocarbonyl (C=S) groups is 1. The SMILES string of the molecule is O=[N+]([O-])c1ccc(NC(=S)N2CCC[C@H]2c2ccc3c(c2)OCCCO3)cc1. The first kappa shape index (κ1) is 18.5. The summed E-state index contributed by atoms with van der Waals surface area (Å²) >= 11 is 5.62. The molecule has 2 aromatic carbocycles. The molecule has 1 saturated heterocycles. The van der Waals surface area contributed by atoms with Gasteiger partial charge < -0.3 is 19.7 Å². The molecule has 0 spiro atoms. The lowest BCUT2D eigenvalue weighted by Crippen LogP contribution is -2.34. The van der Waals surface area contributed by atoms with Crippen LogP contribution in [0.25, 0.3) is 0 Å². The minimum Gasteiger partial charge on any atom is -0.490 e. The number of benzene rings is 2. The number of rotatable bonds is 3. The molecule has 146 valence electrons. The van der Waals surface area contributed by atoms with E-state index < -0.39 is 4.92 Å². The highest BCUT2D eigenvalue weighted by molar-refractivity contribution is 7.80. The zero-order valence-corrected chi connectivity index (χ0v) is 16.1. The Hall–Kier alpha value is -2.87. The predicted octanol–water partition coefficient (Wildman–Crippen LogP) is 4.29. The minimum absolute atomic E-state index is 0.0581. The van der Waals surface area contributed by atoms with E-state index >= 15 is 0 Å².